The Balaban J connectivity index is 1.94. The Morgan fingerprint density at radius 1 is 1.03 bits per heavy atom. The van der Waals surface area contributed by atoms with E-state index in [0.29, 0.717) is 17.0 Å². The Hall–Kier alpha value is -3.39. The zero-order valence-corrected chi connectivity index (χ0v) is 17.3. The summed E-state index contributed by atoms with van der Waals surface area (Å²) >= 11 is 0. The molecule has 0 aliphatic rings. The van der Waals surface area contributed by atoms with E-state index < -0.39 is 28.3 Å². The van der Waals surface area contributed by atoms with Crippen LogP contribution in [0.3, 0.4) is 0 Å². The van der Waals surface area contributed by atoms with Crippen LogP contribution < -0.4 is 14.4 Å². The molecule has 3 rings (SSSR count). The van der Waals surface area contributed by atoms with Crippen molar-refractivity contribution < 1.29 is 22.3 Å². The minimum Gasteiger partial charge on any atom is -0.496 e. The number of sulfonamides is 1. The van der Waals surface area contributed by atoms with E-state index in [1.54, 1.807) is 43.3 Å². The number of rotatable bonds is 7. The zero-order valence-electron chi connectivity index (χ0n) is 16.5. The summed E-state index contributed by atoms with van der Waals surface area (Å²) in [5.41, 5.74) is 1.22. The van der Waals surface area contributed by atoms with E-state index in [4.69, 9.17) is 4.74 Å². The number of nitrogens with one attached hydrogen (secondary N) is 1. The van der Waals surface area contributed by atoms with Crippen molar-refractivity contribution in [1.29, 1.82) is 0 Å². The van der Waals surface area contributed by atoms with E-state index in [9.17, 15) is 17.6 Å². The minimum absolute atomic E-state index is 0.0307. The van der Waals surface area contributed by atoms with Crippen molar-refractivity contribution in [3.8, 4) is 5.75 Å². The van der Waals surface area contributed by atoms with Crippen LogP contribution in [0.4, 0.5) is 15.8 Å². The summed E-state index contributed by atoms with van der Waals surface area (Å²) in [7, 11) is -2.55. The number of carbonyl (C=O) groups is 1. The van der Waals surface area contributed by atoms with Gasteiger partial charge in [-0.15, -0.1) is 0 Å². The molecule has 0 saturated carbocycles. The number of amides is 1. The van der Waals surface area contributed by atoms with Crippen LogP contribution in [0.25, 0.3) is 0 Å². The number of methoxy groups -OCH3 is 1. The number of carbonyl (C=O) groups excluding carboxylic acids is 1. The number of anilines is 2. The smallest absolute Gasteiger partial charge is 0.264 e. The molecule has 0 aliphatic heterocycles. The van der Waals surface area contributed by atoms with Gasteiger partial charge in [0.05, 0.1) is 17.7 Å². The van der Waals surface area contributed by atoms with E-state index >= 15 is 0 Å². The first-order valence-electron chi connectivity index (χ1n) is 9.09. The third-order valence-electron chi connectivity index (χ3n) is 4.39. The van der Waals surface area contributed by atoms with Crippen LogP contribution >= 0.6 is 0 Å². The monoisotopic (exact) mass is 428 g/mol. The number of nitrogens with zero attached hydrogens (tertiary/aromatic N) is 1. The van der Waals surface area contributed by atoms with Crippen LogP contribution in [0, 0.1) is 12.7 Å². The summed E-state index contributed by atoms with van der Waals surface area (Å²) in [6.45, 7) is 1.26. The largest absolute Gasteiger partial charge is 0.496 e. The molecule has 30 heavy (non-hydrogen) atoms. The van der Waals surface area contributed by atoms with Gasteiger partial charge in [0, 0.05) is 5.69 Å². The molecule has 0 saturated heterocycles. The fourth-order valence-electron chi connectivity index (χ4n) is 2.95. The van der Waals surface area contributed by atoms with Crippen LogP contribution in [0.2, 0.25) is 0 Å². The number of hydrogen-bond acceptors (Lipinski definition) is 4. The number of benzene rings is 3. The minimum atomic E-state index is -4.05. The Labute approximate surface area is 175 Å². The van der Waals surface area contributed by atoms with E-state index in [-0.39, 0.29) is 10.6 Å². The van der Waals surface area contributed by atoms with Gasteiger partial charge in [-0.05, 0) is 61.0 Å². The highest BCUT2D eigenvalue weighted by atomic mass is 32.2. The molecule has 0 aromatic heterocycles. The lowest BCUT2D eigenvalue weighted by Gasteiger charge is -2.24. The van der Waals surface area contributed by atoms with E-state index in [0.717, 1.165) is 10.4 Å². The number of aryl methyl sites for hydroxylation is 1. The van der Waals surface area contributed by atoms with Gasteiger partial charge in [-0.1, -0.05) is 24.3 Å². The second kappa shape index (κ2) is 8.96. The van der Waals surface area contributed by atoms with Gasteiger partial charge < -0.3 is 10.1 Å². The molecule has 0 heterocycles. The Morgan fingerprint density at radius 2 is 1.77 bits per heavy atom. The summed E-state index contributed by atoms with van der Waals surface area (Å²) in [5, 5.41) is 2.53. The topological polar surface area (TPSA) is 75.7 Å². The van der Waals surface area contributed by atoms with Gasteiger partial charge in [0.1, 0.15) is 18.1 Å². The van der Waals surface area contributed by atoms with Crippen molar-refractivity contribution >= 4 is 27.3 Å². The molecule has 0 fully saturated rings. The van der Waals surface area contributed by atoms with Gasteiger partial charge in [-0.3, -0.25) is 9.10 Å². The van der Waals surface area contributed by atoms with Gasteiger partial charge >= 0.3 is 0 Å². The molecular weight excluding hydrogens is 407 g/mol. The highest BCUT2D eigenvalue weighted by molar-refractivity contribution is 7.92. The Kier molecular flexibility index (Phi) is 6.37. The van der Waals surface area contributed by atoms with Gasteiger partial charge in [-0.25, -0.2) is 12.8 Å². The maximum absolute atomic E-state index is 13.4. The van der Waals surface area contributed by atoms with Crippen molar-refractivity contribution in [3.63, 3.8) is 0 Å². The molecule has 0 unspecified atom stereocenters. The maximum Gasteiger partial charge on any atom is 0.264 e. The highest BCUT2D eigenvalue weighted by Crippen LogP contribution is 2.27. The highest BCUT2D eigenvalue weighted by Gasteiger charge is 2.27. The number of ether oxygens (including phenoxy) is 1. The molecule has 3 aromatic rings. The lowest BCUT2D eigenvalue weighted by atomic mass is 10.2. The Morgan fingerprint density at radius 3 is 2.40 bits per heavy atom. The van der Waals surface area contributed by atoms with E-state index in [2.05, 4.69) is 5.32 Å². The van der Waals surface area contributed by atoms with Crippen LogP contribution in [0.1, 0.15) is 5.56 Å². The van der Waals surface area contributed by atoms with Crippen molar-refractivity contribution in [3.05, 3.63) is 84.2 Å². The average molecular weight is 428 g/mol. The van der Waals surface area contributed by atoms with Crippen LogP contribution in [-0.2, 0) is 14.8 Å². The summed E-state index contributed by atoms with van der Waals surface area (Å²) in [4.78, 5) is 12.6. The third-order valence-corrected chi connectivity index (χ3v) is 6.16. The third kappa shape index (κ3) is 4.77. The molecule has 0 radical (unpaired) electrons. The van der Waals surface area contributed by atoms with Crippen LogP contribution in [0.5, 0.6) is 5.75 Å². The van der Waals surface area contributed by atoms with Crippen molar-refractivity contribution in [2.75, 3.05) is 23.3 Å². The van der Waals surface area contributed by atoms with Gasteiger partial charge in [0.2, 0.25) is 5.91 Å². The average Bonchev–Trinajstić information content (AvgIpc) is 2.72. The fraction of sp³-hybridized carbons (Fsp3) is 0.136. The maximum atomic E-state index is 13.4. The molecule has 8 heteroatoms. The molecule has 0 aliphatic carbocycles. The normalized spacial score (nSPS) is 11.0. The molecule has 3 aromatic carbocycles. The van der Waals surface area contributed by atoms with E-state index in [1.807, 2.05) is 0 Å². The summed E-state index contributed by atoms with van der Waals surface area (Å²) in [5.74, 6) is -0.545. The Bertz CT molecular complexity index is 1150. The number of hydrogen-bond donors (Lipinski definition) is 1. The van der Waals surface area contributed by atoms with Crippen molar-refractivity contribution in [1.82, 2.24) is 0 Å². The molecular formula is C22H21FN2O4S. The molecule has 0 bridgehead atoms. The first-order chi connectivity index (χ1) is 14.3. The standard InChI is InChI=1S/C22H21FN2O4S/c1-16-13-20(11-12-21(16)29-2)30(27,28)25(19-9-4-3-5-10-19)15-22(26)24-18-8-6-7-17(23)14-18/h3-14H,15H2,1-2H3,(H,24,26). The first kappa shape index (κ1) is 21.3. The van der Waals surface area contributed by atoms with Crippen molar-refractivity contribution in [2.24, 2.45) is 0 Å². The van der Waals surface area contributed by atoms with Crippen molar-refractivity contribution in [2.45, 2.75) is 11.8 Å². The van der Waals surface area contributed by atoms with Crippen LogP contribution in [0.15, 0.2) is 77.7 Å². The molecule has 0 atom stereocenters. The first-order valence-corrected chi connectivity index (χ1v) is 10.5. The number of halogens is 1. The lowest BCUT2D eigenvalue weighted by Crippen LogP contribution is -2.38. The quantitative estimate of drug-likeness (QED) is 0.618. The van der Waals surface area contributed by atoms with Gasteiger partial charge in [-0.2, -0.15) is 0 Å². The molecule has 156 valence electrons. The van der Waals surface area contributed by atoms with E-state index in [1.165, 1.54) is 37.4 Å². The zero-order chi connectivity index (χ0) is 21.7. The molecule has 0 spiro atoms. The fourth-order valence-corrected chi connectivity index (χ4v) is 4.45. The summed E-state index contributed by atoms with van der Waals surface area (Å²) < 4.78 is 46.3. The predicted molar refractivity (Wildman–Crippen MR) is 114 cm³/mol. The summed E-state index contributed by atoms with van der Waals surface area (Å²) in [6, 6.07) is 18.2. The molecule has 1 N–H and O–H groups in total. The molecule has 6 nitrogen and oxygen atoms in total. The second-order valence-corrected chi connectivity index (χ2v) is 8.40. The van der Waals surface area contributed by atoms with Gasteiger partial charge in [0.25, 0.3) is 10.0 Å². The predicted octanol–water partition coefficient (Wildman–Crippen LogP) is 3.98. The summed E-state index contributed by atoms with van der Waals surface area (Å²) in [6.07, 6.45) is 0. The second-order valence-electron chi connectivity index (χ2n) is 6.54. The molecule has 1 amide bonds. The number of para-hydroxylation sites is 1. The van der Waals surface area contributed by atoms with Crippen LogP contribution in [-0.4, -0.2) is 28.0 Å². The van der Waals surface area contributed by atoms with Gasteiger partial charge in [0.15, 0.2) is 0 Å². The SMILES string of the molecule is COc1ccc(S(=O)(=O)N(CC(=O)Nc2cccc(F)c2)c2ccccc2)cc1C. The lowest BCUT2D eigenvalue weighted by molar-refractivity contribution is -0.114.